The number of benzene rings is 1. The van der Waals surface area contributed by atoms with Crippen LogP contribution in [0.3, 0.4) is 0 Å². The summed E-state index contributed by atoms with van der Waals surface area (Å²) in [7, 11) is -3.02. The smallest absolute Gasteiger partial charge is 0.173 e. The standard InChI is InChI=1S/C13H18BrF2NO2S/c1-3-17-11(5-4-8-20(2,18)19)9-6-7-10(15)13(16)12(9)14/h6-7,11,17H,3-5,8H2,1-2H3. The molecule has 0 bridgehead atoms. The predicted octanol–water partition coefficient (Wildman–Crippen LogP) is 3.20. The zero-order valence-corrected chi connectivity index (χ0v) is 13.8. The van der Waals surface area contributed by atoms with Gasteiger partial charge in [-0.3, -0.25) is 0 Å². The summed E-state index contributed by atoms with van der Waals surface area (Å²) in [6, 6.07) is 2.37. The maximum absolute atomic E-state index is 13.6. The van der Waals surface area contributed by atoms with Crippen LogP contribution in [0.2, 0.25) is 0 Å². The Morgan fingerprint density at radius 1 is 1.35 bits per heavy atom. The third-order valence-corrected chi connectivity index (χ3v) is 4.74. The highest BCUT2D eigenvalue weighted by atomic mass is 79.9. The molecule has 0 amide bonds. The lowest BCUT2D eigenvalue weighted by molar-refractivity contribution is 0.479. The van der Waals surface area contributed by atoms with E-state index in [-0.39, 0.29) is 16.3 Å². The van der Waals surface area contributed by atoms with Crippen molar-refractivity contribution in [3.63, 3.8) is 0 Å². The van der Waals surface area contributed by atoms with Crippen LogP contribution in [0.4, 0.5) is 8.78 Å². The highest BCUT2D eigenvalue weighted by Crippen LogP contribution is 2.30. The molecule has 0 spiro atoms. The van der Waals surface area contributed by atoms with Crippen LogP contribution in [0.15, 0.2) is 16.6 Å². The summed E-state index contributed by atoms with van der Waals surface area (Å²) >= 11 is 3.06. The van der Waals surface area contributed by atoms with Crippen molar-refractivity contribution in [3.8, 4) is 0 Å². The van der Waals surface area contributed by atoms with E-state index in [0.717, 1.165) is 6.07 Å². The highest BCUT2D eigenvalue weighted by molar-refractivity contribution is 9.10. The van der Waals surface area contributed by atoms with Crippen LogP contribution in [-0.2, 0) is 9.84 Å². The molecule has 0 aliphatic carbocycles. The Balaban J connectivity index is 2.88. The van der Waals surface area contributed by atoms with Crippen molar-refractivity contribution in [2.75, 3.05) is 18.6 Å². The van der Waals surface area contributed by atoms with Crippen molar-refractivity contribution < 1.29 is 17.2 Å². The number of halogens is 3. The molecule has 0 aromatic heterocycles. The third kappa shape index (κ3) is 5.10. The molecule has 114 valence electrons. The molecular formula is C13H18BrF2NO2S. The van der Waals surface area contributed by atoms with Gasteiger partial charge >= 0.3 is 0 Å². The monoisotopic (exact) mass is 369 g/mol. The van der Waals surface area contributed by atoms with Crippen LogP contribution in [0.5, 0.6) is 0 Å². The second-order valence-electron chi connectivity index (χ2n) is 4.65. The maximum Gasteiger partial charge on any atom is 0.173 e. The molecule has 0 heterocycles. The fraction of sp³-hybridized carbons (Fsp3) is 0.538. The quantitative estimate of drug-likeness (QED) is 0.750. The number of sulfone groups is 1. The molecule has 1 aromatic carbocycles. The fourth-order valence-electron chi connectivity index (χ4n) is 1.97. The molecule has 0 radical (unpaired) electrons. The largest absolute Gasteiger partial charge is 0.310 e. The first kappa shape index (κ1) is 17.5. The van der Waals surface area contributed by atoms with E-state index in [2.05, 4.69) is 21.2 Å². The minimum atomic E-state index is -3.02. The Hall–Kier alpha value is -0.530. The van der Waals surface area contributed by atoms with Gasteiger partial charge in [-0.15, -0.1) is 0 Å². The van der Waals surface area contributed by atoms with E-state index < -0.39 is 21.5 Å². The third-order valence-electron chi connectivity index (χ3n) is 2.90. The summed E-state index contributed by atoms with van der Waals surface area (Å²) in [5.41, 5.74) is 0.597. The summed E-state index contributed by atoms with van der Waals surface area (Å²) in [6.07, 6.45) is 2.18. The molecule has 20 heavy (non-hydrogen) atoms. The van der Waals surface area contributed by atoms with Crippen LogP contribution in [-0.4, -0.2) is 27.0 Å². The van der Waals surface area contributed by atoms with Gasteiger partial charge in [0.1, 0.15) is 9.84 Å². The van der Waals surface area contributed by atoms with Gasteiger partial charge in [-0.05, 0) is 46.9 Å². The van der Waals surface area contributed by atoms with Gasteiger partial charge in [-0.1, -0.05) is 13.0 Å². The van der Waals surface area contributed by atoms with E-state index in [4.69, 9.17) is 0 Å². The fourth-order valence-corrected chi connectivity index (χ4v) is 3.26. The van der Waals surface area contributed by atoms with Crippen molar-refractivity contribution in [1.29, 1.82) is 0 Å². The number of rotatable bonds is 7. The van der Waals surface area contributed by atoms with Crippen LogP contribution >= 0.6 is 15.9 Å². The van der Waals surface area contributed by atoms with Gasteiger partial charge in [0.05, 0.1) is 4.47 Å². The Morgan fingerprint density at radius 2 is 2.00 bits per heavy atom. The minimum absolute atomic E-state index is 0.0796. The first-order valence-electron chi connectivity index (χ1n) is 6.30. The molecular weight excluding hydrogens is 352 g/mol. The molecule has 0 saturated heterocycles. The SMILES string of the molecule is CCNC(CCCS(C)(=O)=O)c1ccc(F)c(F)c1Br. The zero-order chi connectivity index (χ0) is 15.3. The summed E-state index contributed by atoms with van der Waals surface area (Å²) in [4.78, 5) is 0. The van der Waals surface area contributed by atoms with E-state index in [9.17, 15) is 17.2 Å². The van der Waals surface area contributed by atoms with E-state index in [1.54, 1.807) is 0 Å². The zero-order valence-electron chi connectivity index (χ0n) is 11.4. The number of nitrogens with one attached hydrogen (secondary N) is 1. The van der Waals surface area contributed by atoms with Gasteiger partial charge in [0.25, 0.3) is 0 Å². The van der Waals surface area contributed by atoms with Gasteiger partial charge in [-0.2, -0.15) is 0 Å². The van der Waals surface area contributed by atoms with E-state index >= 15 is 0 Å². The van der Waals surface area contributed by atoms with E-state index in [1.807, 2.05) is 6.92 Å². The molecule has 3 nitrogen and oxygen atoms in total. The first-order chi connectivity index (χ1) is 9.26. The lowest BCUT2D eigenvalue weighted by Crippen LogP contribution is -2.22. The van der Waals surface area contributed by atoms with E-state index in [1.165, 1.54) is 12.3 Å². The molecule has 7 heteroatoms. The average Bonchev–Trinajstić information content (AvgIpc) is 2.34. The van der Waals surface area contributed by atoms with Gasteiger partial charge in [0.2, 0.25) is 0 Å². The lowest BCUT2D eigenvalue weighted by atomic mass is 10.0. The van der Waals surface area contributed by atoms with Crippen LogP contribution in [0.25, 0.3) is 0 Å². The number of hydrogen-bond donors (Lipinski definition) is 1. The van der Waals surface area contributed by atoms with Crippen molar-refractivity contribution in [2.45, 2.75) is 25.8 Å². The molecule has 0 saturated carbocycles. The van der Waals surface area contributed by atoms with Crippen LogP contribution in [0.1, 0.15) is 31.4 Å². The van der Waals surface area contributed by atoms with Gasteiger partial charge in [-0.25, -0.2) is 17.2 Å². The van der Waals surface area contributed by atoms with Gasteiger partial charge < -0.3 is 5.32 Å². The predicted molar refractivity (Wildman–Crippen MR) is 79.4 cm³/mol. The second kappa shape index (κ2) is 7.47. The van der Waals surface area contributed by atoms with Crippen molar-refractivity contribution in [2.24, 2.45) is 0 Å². The number of hydrogen-bond acceptors (Lipinski definition) is 3. The molecule has 0 aliphatic rings. The Morgan fingerprint density at radius 3 is 2.55 bits per heavy atom. The van der Waals surface area contributed by atoms with Gasteiger partial charge in [0, 0.05) is 18.1 Å². The Kier molecular flexibility index (Phi) is 6.54. The van der Waals surface area contributed by atoms with E-state index in [0.29, 0.717) is 24.9 Å². The topological polar surface area (TPSA) is 46.2 Å². The molecule has 1 unspecified atom stereocenters. The highest BCUT2D eigenvalue weighted by Gasteiger charge is 2.18. The Labute approximate surface area is 126 Å². The van der Waals surface area contributed by atoms with Crippen LogP contribution in [0, 0.1) is 11.6 Å². The normalized spacial score (nSPS) is 13.4. The Bertz CT molecular complexity index is 564. The van der Waals surface area contributed by atoms with Crippen molar-refractivity contribution in [3.05, 3.63) is 33.8 Å². The molecule has 1 atom stereocenters. The molecule has 1 aromatic rings. The molecule has 0 fully saturated rings. The summed E-state index contributed by atoms with van der Waals surface area (Å²) in [6.45, 7) is 2.55. The first-order valence-corrected chi connectivity index (χ1v) is 9.16. The maximum atomic E-state index is 13.6. The minimum Gasteiger partial charge on any atom is -0.310 e. The lowest BCUT2D eigenvalue weighted by Gasteiger charge is -2.20. The average molecular weight is 370 g/mol. The molecule has 0 aliphatic heterocycles. The van der Waals surface area contributed by atoms with Crippen molar-refractivity contribution >= 4 is 25.8 Å². The molecule has 1 rings (SSSR count). The summed E-state index contributed by atoms with van der Waals surface area (Å²) in [5, 5.41) is 3.16. The molecule has 1 N–H and O–H groups in total. The summed E-state index contributed by atoms with van der Waals surface area (Å²) in [5.74, 6) is -1.75. The summed E-state index contributed by atoms with van der Waals surface area (Å²) < 4.78 is 49.0. The second-order valence-corrected chi connectivity index (χ2v) is 7.70. The van der Waals surface area contributed by atoms with Crippen molar-refractivity contribution in [1.82, 2.24) is 5.32 Å². The van der Waals surface area contributed by atoms with Crippen LogP contribution < -0.4 is 5.32 Å². The van der Waals surface area contributed by atoms with Gasteiger partial charge in [0.15, 0.2) is 11.6 Å².